The quantitative estimate of drug-likeness (QED) is 0.681. The van der Waals surface area contributed by atoms with Gasteiger partial charge in [0.15, 0.2) is 0 Å². The fraction of sp³-hybridized carbons (Fsp3) is 0.100. The monoisotopic (exact) mass is 265 g/mol. The lowest BCUT2D eigenvalue weighted by atomic mass is 10.2. The number of nitrogens with zero attached hydrogens (tertiary/aromatic N) is 1. The molecule has 0 saturated carbocycles. The van der Waals surface area contributed by atoms with E-state index in [1.54, 1.807) is 0 Å². The maximum absolute atomic E-state index is 12.4. The zero-order valence-electron chi connectivity index (χ0n) is 7.65. The number of rotatable bonds is 0. The number of alkyl halides is 3. The average molecular weight is 266 g/mol. The van der Waals surface area contributed by atoms with Gasteiger partial charge in [-0.1, -0.05) is 29.3 Å². The molecule has 2 aromatic rings. The van der Waals surface area contributed by atoms with Crippen LogP contribution in [-0.2, 0) is 6.18 Å². The Hall–Kier alpha value is -1.00. The summed E-state index contributed by atoms with van der Waals surface area (Å²) in [5.41, 5.74) is -0.870. The number of benzene rings is 1. The Balaban J connectivity index is 2.72. The van der Waals surface area contributed by atoms with E-state index in [4.69, 9.17) is 23.2 Å². The highest BCUT2D eigenvalue weighted by Gasteiger charge is 2.32. The third-order valence-electron chi connectivity index (χ3n) is 2.00. The largest absolute Gasteiger partial charge is 0.433 e. The molecule has 1 aromatic carbocycles. The molecule has 84 valence electrons. The minimum atomic E-state index is -4.48. The van der Waals surface area contributed by atoms with Crippen molar-refractivity contribution in [1.82, 2.24) is 4.98 Å². The molecule has 0 aliphatic heterocycles. The second-order valence-corrected chi connectivity index (χ2v) is 4.00. The first-order chi connectivity index (χ1) is 7.38. The third kappa shape index (κ3) is 2.08. The van der Waals surface area contributed by atoms with Gasteiger partial charge in [0, 0.05) is 10.4 Å². The maximum atomic E-state index is 12.4. The van der Waals surface area contributed by atoms with Crippen molar-refractivity contribution in [2.75, 3.05) is 0 Å². The Labute approximate surface area is 98.8 Å². The molecule has 1 aromatic heterocycles. The molecular weight excluding hydrogens is 262 g/mol. The Bertz CT molecular complexity index is 551. The number of hydrogen-bond acceptors (Lipinski definition) is 1. The molecule has 0 saturated heterocycles. The van der Waals surface area contributed by atoms with Gasteiger partial charge in [0.1, 0.15) is 5.69 Å². The van der Waals surface area contributed by atoms with E-state index in [0.717, 1.165) is 6.07 Å². The van der Waals surface area contributed by atoms with Crippen molar-refractivity contribution in [3.63, 3.8) is 0 Å². The zero-order valence-corrected chi connectivity index (χ0v) is 9.16. The molecule has 0 spiro atoms. The first kappa shape index (κ1) is 11.5. The van der Waals surface area contributed by atoms with Gasteiger partial charge < -0.3 is 0 Å². The van der Waals surface area contributed by atoms with Crippen LogP contribution in [0.5, 0.6) is 0 Å². The van der Waals surface area contributed by atoms with Crippen LogP contribution in [0.1, 0.15) is 5.69 Å². The van der Waals surface area contributed by atoms with Crippen molar-refractivity contribution in [3.8, 4) is 0 Å². The van der Waals surface area contributed by atoms with E-state index in [0.29, 0.717) is 10.4 Å². The van der Waals surface area contributed by atoms with Gasteiger partial charge in [-0.2, -0.15) is 13.2 Å². The van der Waals surface area contributed by atoms with E-state index >= 15 is 0 Å². The topological polar surface area (TPSA) is 12.9 Å². The van der Waals surface area contributed by atoms with E-state index in [9.17, 15) is 13.2 Å². The lowest BCUT2D eigenvalue weighted by Crippen LogP contribution is -2.07. The molecule has 1 nitrogen and oxygen atoms in total. The van der Waals surface area contributed by atoms with Crippen LogP contribution in [0, 0.1) is 0 Å². The van der Waals surface area contributed by atoms with Crippen LogP contribution in [0.3, 0.4) is 0 Å². The minimum absolute atomic E-state index is 0.0980. The highest BCUT2D eigenvalue weighted by molar-refractivity contribution is 6.38. The van der Waals surface area contributed by atoms with Crippen LogP contribution in [0.25, 0.3) is 10.9 Å². The fourth-order valence-corrected chi connectivity index (χ4v) is 1.87. The second-order valence-electron chi connectivity index (χ2n) is 3.15. The third-order valence-corrected chi connectivity index (χ3v) is 2.51. The summed E-state index contributed by atoms with van der Waals surface area (Å²) in [4.78, 5) is 3.47. The molecule has 0 bridgehead atoms. The predicted molar refractivity (Wildman–Crippen MR) is 56.8 cm³/mol. The molecule has 0 amide bonds. The Morgan fingerprint density at radius 2 is 1.75 bits per heavy atom. The Morgan fingerprint density at radius 3 is 2.38 bits per heavy atom. The van der Waals surface area contributed by atoms with Gasteiger partial charge >= 0.3 is 6.18 Å². The fourth-order valence-electron chi connectivity index (χ4n) is 1.32. The van der Waals surface area contributed by atoms with E-state index in [-0.39, 0.29) is 10.5 Å². The van der Waals surface area contributed by atoms with E-state index in [1.165, 1.54) is 18.2 Å². The van der Waals surface area contributed by atoms with Crippen LogP contribution in [0.4, 0.5) is 13.2 Å². The normalized spacial score (nSPS) is 12.1. The lowest BCUT2D eigenvalue weighted by molar-refractivity contribution is -0.140. The Kier molecular flexibility index (Phi) is 2.72. The molecule has 0 aliphatic carbocycles. The van der Waals surface area contributed by atoms with Crippen molar-refractivity contribution in [2.45, 2.75) is 6.18 Å². The van der Waals surface area contributed by atoms with Crippen LogP contribution < -0.4 is 0 Å². The zero-order chi connectivity index (χ0) is 11.9. The first-order valence-electron chi connectivity index (χ1n) is 4.21. The smallest absolute Gasteiger partial charge is 0.242 e. The highest BCUT2D eigenvalue weighted by Crippen LogP contribution is 2.32. The first-order valence-corrected chi connectivity index (χ1v) is 4.96. The van der Waals surface area contributed by atoms with Crippen molar-refractivity contribution in [2.24, 2.45) is 0 Å². The van der Waals surface area contributed by atoms with E-state index in [1.807, 2.05) is 0 Å². The highest BCUT2D eigenvalue weighted by atomic mass is 35.5. The molecule has 1 heterocycles. The van der Waals surface area contributed by atoms with E-state index < -0.39 is 11.9 Å². The summed E-state index contributed by atoms with van der Waals surface area (Å²) < 4.78 is 37.2. The molecule has 2 rings (SSSR count). The summed E-state index contributed by atoms with van der Waals surface area (Å²) in [6.45, 7) is 0. The number of halogens is 5. The maximum Gasteiger partial charge on any atom is 0.433 e. The van der Waals surface area contributed by atoms with Gasteiger partial charge in [-0.15, -0.1) is 0 Å². The van der Waals surface area contributed by atoms with Gasteiger partial charge in [0.2, 0.25) is 0 Å². The predicted octanol–water partition coefficient (Wildman–Crippen LogP) is 4.56. The van der Waals surface area contributed by atoms with Gasteiger partial charge in [-0.3, -0.25) is 0 Å². The molecule has 16 heavy (non-hydrogen) atoms. The number of pyridine rings is 1. The van der Waals surface area contributed by atoms with Crippen LogP contribution in [0.15, 0.2) is 24.3 Å². The van der Waals surface area contributed by atoms with E-state index in [2.05, 4.69) is 4.98 Å². The minimum Gasteiger partial charge on any atom is -0.242 e. The number of hydrogen-bond donors (Lipinski definition) is 0. The van der Waals surface area contributed by atoms with Gasteiger partial charge in [-0.25, -0.2) is 4.98 Å². The summed E-state index contributed by atoms with van der Waals surface area (Å²) in [5, 5.41) is 0.943. The van der Waals surface area contributed by atoms with Crippen molar-refractivity contribution in [3.05, 3.63) is 40.0 Å². The molecular formula is C10H4Cl2F3N. The van der Waals surface area contributed by atoms with Gasteiger partial charge in [0.25, 0.3) is 0 Å². The van der Waals surface area contributed by atoms with Crippen LogP contribution >= 0.6 is 23.2 Å². The average Bonchev–Trinajstić information content (AvgIpc) is 2.15. The molecule has 0 unspecified atom stereocenters. The molecule has 0 N–H and O–H groups in total. The summed E-state index contributed by atoms with van der Waals surface area (Å²) in [7, 11) is 0. The summed E-state index contributed by atoms with van der Waals surface area (Å²) in [6, 6.07) is 5.06. The molecule has 0 atom stereocenters. The summed E-state index contributed by atoms with van der Waals surface area (Å²) in [6.07, 6.45) is -4.48. The van der Waals surface area contributed by atoms with Crippen LogP contribution in [-0.4, -0.2) is 4.98 Å². The Morgan fingerprint density at radius 1 is 1.06 bits per heavy atom. The molecule has 0 radical (unpaired) electrons. The molecule has 0 aliphatic rings. The second kappa shape index (κ2) is 3.79. The summed E-state index contributed by atoms with van der Waals surface area (Å²) in [5.74, 6) is 0. The molecule has 0 fully saturated rings. The standard InChI is InChI=1S/C10H4Cl2F3N/c11-6-3-5-1-2-8(10(13,14)15)16-9(5)7(12)4-6/h1-4H. The SMILES string of the molecule is FC(F)(F)c1ccc2cc(Cl)cc(Cl)c2n1. The molecule has 6 heteroatoms. The number of fused-ring (bicyclic) bond motifs is 1. The van der Waals surface area contributed by atoms with Crippen molar-refractivity contribution >= 4 is 34.1 Å². The van der Waals surface area contributed by atoms with Crippen molar-refractivity contribution < 1.29 is 13.2 Å². The van der Waals surface area contributed by atoms with Gasteiger partial charge in [-0.05, 0) is 18.2 Å². The van der Waals surface area contributed by atoms with Crippen molar-refractivity contribution in [1.29, 1.82) is 0 Å². The number of aromatic nitrogens is 1. The summed E-state index contributed by atoms with van der Waals surface area (Å²) >= 11 is 11.5. The lowest BCUT2D eigenvalue weighted by Gasteiger charge is -2.07. The van der Waals surface area contributed by atoms with Gasteiger partial charge in [0.05, 0.1) is 10.5 Å². The van der Waals surface area contributed by atoms with Crippen LogP contribution in [0.2, 0.25) is 10.0 Å².